The van der Waals surface area contributed by atoms with Crippen molar-refractivity contribution in [2.45, 2.75) is 25.9 Å². The highest BCUT2D eigenvalue weighted by Crippen LogP contribution is 2.13. The van der Waals surface area contributed by atoms with Gasteiger partial charge in [0.25, 0.3) is 0 Å². The Bertz CT molecular complexity index is 217. The second-order valence-electron chi connectivity index (χ2n) is 2.65. The van der Waals surface area contributed by atoms with Crippen LogP contribution in [0.4, 0.5) is 0 Å². The molecule has 2 rings (SSSR count). The molecule has 0 atom stereocenters. The van der Waals surface area contributed by atoms with Crippen molar-refractivity contribution in [3.63, 3.8) is 0 Å². The van der Waals surface area contributed by atoms with Gasteiger partial charge in [-0.2, -0.15) is 0 Å². The fourth-order valence-corrected chi connectivity index (χ4v) is 1.41. The number of rotatable bonds is 1. The number of aromatic nitrogens is 2. The summed E-state index contributed by atoms with van der Waals surface area (Å²) in [6.45, 7) is 1.70. The third kappa shape index (κ3) is 0.743. The highest BCUT2D eigenvalue weighted by atomic mass is 15.1. The van der Waals surface area contributed by atoms with E-state index in [1.54, 1.807) is 0 Å². The van der Waals surface area contributed by atoms with Gasteiger partial charge in [-0.25, -0.2) is 4.98 Å². The smallest absolute Gasteiger partial charge is 0.109 e. The van der Waals surface area contributed by atoms with Crippen molar-refractivity contribution < 1.29 is 0 Å². The standard InChI is InChI=1S/C7H11N3/c8-4-6-5-10-3-1-2-7(10)9-6/h5H,1-4,8H2. The molecule has 0 saturated heterocycles. The van der Waals surface area contributed by atoms with E-state index in [1.807, 2.05) is 0 Å². The predicted octanol–water partition coefficient (Wildman–Crippen LogP) is 0.288. The quantitative estimate of drug-likeness (QED) is 0.604. The minimum atomic E-state index is 0.569. The molecule has 0 aliphatic carbocycles. The topological polar surface area (TPSA) is 43.8 Å². The van der Waals surface area contributed by atoms with Crippen LogP contribution in [0.25, 0.3) is 0 Å². The van der Waals surface area contributed by atoms with Crippen LogP contribution in [-0.2, 0) is 19.5 Å². The van der Waals surface area contributed by atoms with Crippen LogP contribution < -0.4 is 5.73 Å². The van der Waals surface area contributed by atoms with Crippen molar-refractivity contribution in [1.82, 2.24) is 9.55 Å². The highest BCUT2D eigenvalue weighted by molar-refractivity contribution is 5.06. The average molecular weight is 137 g/mol. The van der Waals surface area contributed by atoms with Gasteiger partial charge in [0.2, 0.25) is 0 Å². The fourth-order valence-electron chi connectivity index (χ4n) is 1.41. The van der Waals surface area contributed by atoms with Crippen molar-refractivity contribution in [2.24, 2.45) is 5.73 Å². The minimum absolute atomic E-state index is 0.569. The molecule has 0 saturated carbocycles. The summed E-state index contributed by atoms with van der Waals surface area (Å²) in [6, 6.07) is 0. The van der Waals surface area contributed by atoms with Crippen LogP contribution in [0.2, 0.25) is 0 Å². The van der Waals surface area contributed by atoms with Gasteiger partial charge in [0.05, 0.1) is 5.69 Å². The maximum absolute atomic E-state index is 5.44. The molecule has 10 heavy (non-hydrogen) atoms. The first kappa shape index (κ1) is 5.92. The second-order valence-corrected chi connectivity index (χ2v) is 2.65. The van der Waals surface area contributed by atoms with E-state index in [4.69, 9.17) is 5.73 Å². The SMILES string of the molecule is NCc1cn2c(n1)CCC2. The zero-order valence-electron chi connectivity index (χ0n) is 5.88. The first-order chi connectivity index (χ1) is 4.90. The van der Waals surface area contributed by atoms with Crippen molar-refractivity contribution in [3.05, 3.63) is 17.7 Å². The molecular weight excluding hydrogens is 126 g/mol. The summed E-state index contributed by atoms with van der Waals surface area (Å²) < 4.78 is 2.20. The number of nitrogens with two attached hydrogens (primary N) is 1. The van der Waals surface area contributed by atoms with Crippen LogP contribution in [0.5, 0.6) is 0 Å². The summed E-state index contributed by atoms with van der Waals surface area (Å²) in [7, 11) is 0. The molecule has 0 fully saturated rings. The van der Waals surface area contributed by atoms with Crippen LogP contribution in [0.15, 0.2) is 6.20 Å². The molecule has 3 nitrogen and oxygen atoms in total. The molecule has 1 aromatic heterocycles. The summed E-state index contributed by atoms with van der Waals surface area (Å²) in [5.41, 5.74) is 6.46. The average Bonchev–Trinajstić information content (AvgIpc) is 2.42. The van der Waals surface area contributed by atoms with Crippen LogP contribution in [0.1, 0.15) is 17.9 Å². The van der Waals surface area contributed by atoms with Gasteiger partial charge in [0.1, 0.15) is 5.82 Å². The Morgan fingerprint density at radius 1 is 1.70 bits per heavy atom. The fraction of sp³-hybridized carbons (Fsp3) is 0.571. The summed E-state index contributed by atoms with van der Waals surface area (Å²) >= 11 is 0. The maximum Gasteiger partial charge on any atom is 0.109 e. The lowest BCUT2D eigenvalue weighted by atomic mass is 10.3. The number of hydrogen-bond donors (Lipinski definition) is 1. The van der Waals surface area contributed by atoms with Crippen molar-refractivity contribution in [2.75, 3.05) is 0 Å². The molecule has 0 amide bonds. The molecule has 0 bridgehead atoms. The van der Waals surface area contributed by atoms with E-state index < -0.39 is 0 Å². The molecular formula is C7H11N3. The Labute approximate surface area is 59.9 Å². The van der Waals surface area contributed by atoms with Gasteiger partial charge in [-0.15, -0.1) is 0 Å². The normalized spacial score (nSPS) is 15.7. The van der Waals surface area contributed by atoms with E-state index in [0.29, 0.717) is 6.54 Å². The van der Waals surface area contributed by atoms with Crippen LogP contribution in [0, 0.1) is 0 Å². The van der Waals surface area contributed by atoms with Gasteiger partial charge < -0.3 is 10.3 Å². The van der Waals surface area contributed by atoms with E-state index in [0.717, 1.165) is 18.7 Å². The van der Waals surface area contributed by atoms with E-state index in [-0.39, 0.29) is 0 Å². The van der Waals surface area contributed by atoms with Crippen molar-refractivity contribution in [1.29, 1.82) is 0 Å². The molecule has 0 spiro atoms. The maximum atomic E-state index is 5.44. The molecule has 54 valence electrons. The van der Waals surface area contributed by atoms with Crippen molar-refractivity contribution in [3.8, 4) is 0 Å². The van der Waals surface area contributed by atoms with Gasteiger partial charge in [-0.1, -0.05) is 0 Å². The van der Waals surface area contributed by atoms with Gasteiger partial charge >= 0.3 is 0 Å². The summed E-state index contributed by atoms with van der Waals surface area (Å²) in [5, 5.41) is 0. The van der Waals surface area contributed by atoms with E-state index >= 15 is 0 Å². The van der Waals surface area contributed by atoms with Gasteiger partial charge in [0.15, 0.2) is 0 Å². The molecule has 1 aliphatic heterocycles. The summed E-state index contributed by atoms with van der Waals surface area (Å²) in [6.07, 6.45) is 4.43. The Morgan fingerprint density at radius 3 is 3.30 bits per heavy atom. The third-order valence-electron chi connectivity index (χ3n) is 1.92. The Kier molecular flexibility index (Phi) is 1.24. The van der Waals surface area contributed by atoms with Crippen LogP contribution in [0.3, 0.4) is 0 Å². The second kappa shape index (κ2) is 2.09. The summed E-state index contributed by atoms with van der Waals surface area (Å²) in [5.74, 6) is 1.21. The number of aryl methyl sites for hydroxylation is 2. The molecule has 0 aromatic carbocycles. The van der Waals surface area contributed by atoms with E-state index in [1.165, 1.54) is 12.2 Å². The van der Waals surface area contributed by atoms with Gasteiger partial charge in [0, 0.05) is 25.7 Å². The molecule has 2 N–H and O–H groups in total. The van der Waals surface area contributed by atoms with E-state index in [2.05, 4.69) is 15.7 Å². The number of fused-ring (bicyclic) bond motifs is 1. The van der Waals surface area contributed by atoms with Crippen LogP contribution >= 0.6 is 0 Å². The van der Waals surface area contributed by atoms with Gasteiger partial charge in [-0.05, 0) is 6.42 Å². The predicted molar refractivity (Wildman–Crippen MR) is 38.4 cm³/mol. The molecule has 3 heteroatoms. The Balaban J connectivity index is 2.37. The summed E-state index contributed by atoms with van der Waals surface area (Å²) in [4.78, 5) is 4.35. The first-order valence-electron chi connectivity index (χ1n) is 3.65. The molecule has 0 unspecified atom stereocenters. The monoisotopic (exact) mass is 137 g/mol. The minimum Gasteiger partial charge on any atom is -0.335 e. The highest BCUT2D eigenvalue weighted by Gasteiger charge is 2.11. The molecule has 0 radical (unpaired) electrons. The molecule has 1 aromatic rings. The largest absolute Gasteiger partial charge is 0.335 e. The zero-order valence-corrected chi connectivity index (χ0v) is 5.88. The number of nitrogens with zero attached hydrogens (tertiary/aromatic N) is 2. The zero-order chi connectivity index (χ0) is 6.97. The number of hydrogen-bond acceptors (Lipinski definition) is 2. The lowest BCUT2D eigenvalue weighted by molar-refractivity contribution is 0.746. The number of imidazole rings is 1. The first-order valence-corrected chi connectivity index (χ1v) is 3.65. The van der Waals surface area contributed by atoms with Gasteiger partial charge in [-0.3, -0.25) is 0 Å². The van der Waals surface area contributed by atoms with Crippen LogP contribution in [-0.4, -0.2) is 9.55 Å². The third-order valence-corrected chi connectivity index (χ3v) is 1.92. The molecule has 1 aliphatic rings. The lowest BCUT2D eigenvalue weighted by Crippen LogP contribution is -1.96. The lowest BCUT2D eigenvalue weighted by Gasteiger charge is -1.89. The Hall–Kier alpha value is -0.830. The van der Waals surface area contributed by atoms with Crippen molar-refractivity contribution >= 4 is 0 Å². The molecule has 2 heterocycles. The Morgan fingerprint density at radius 2 is 2.60 bits per heavy atom. The van der Waals surface area contributed by atoms with E-state index in [9.17, 15) is 0 Å².